The number of ether oxygens (including phenoxy) is 1. The summed E-state index contributed by atoms with van der Waals surface area (Å²) in [7, 11) is 0. The van der Waals surface area contributed by atoms with Crippen LogP contribution in [-0.2, 0) is 11.3 Å². The van der Waals surface area contributed by atoms with Gasteiger partial charge in [0, 0.05) is 24.9 Å². The smallest absolute Gasteiger partial charge is 0.412 e. The molecule has 0 spiro atoms. The van der Waals surface area contributed by atoms with Crippen LogP contribution in [-0.4, -0.2) is 36.4 Å². The van der Waals surface area contributed by atoms with Gasteiger partial charge in [-0.15, -0.1) is 0 Å². The number of fused-ring (bicyclic) bond motifs is 1. The van der Waals surface area contributed by atoms with Gasteiger partial charge in [0.25, 0.3) is 0 Å². The van der Waals surface area contributed by atoms with Gasteiger partial charge in [-0.3, -0.25) is 4.90 Å². The summed E-state index contributed by atoms with van der Waals surface area (Å²) in [6, 6.07) is 25.1. The molecule has 1 aliphatic heterocycles. The van der Waals surface area contributed by atoms with Crippen molar-refractivity contribution in [3.05, 3.63) is 83.9 Å². The molecule has 2 fully saturated rings. The third kappa shape index (κ3) is 4.78. The lowest BCUT2D eigenvalue weighted by atomic mass is 9.96. The van der Waals surface area contributed by atoms with Gasteiger partial charge in [-0.05, 0) is 47.2 Å². The number of halogens is 1. The van der Waals surface area contributed by atoms with Crippen molar-refractivity contribution in [1.29, 1.82) is 0 Å². The Bertz CT molecular complexity index is 1070. The normalized spacial score (nSPS) is 25.0. The predicted octanol–water partition coefficient (Wildman–Crippen LogP) is 5.63. The van der Waals surface area contributed by atoms with E-state index in [0.29, 0.717) is 24.9 Å². The molecule has 2 aliphatic rings. The average Bonchev–Trinajstić information content (AvgIpc) is 3.61. The molecular formula is C27H29FN2O2. The van der Waals surface area contributed by atoms with Crippen molar-refractivity contribution in [2.75, 3.05) is 13.1 Å². The minimum atomic E-state index is -1.28. The van der Waals surface area contributed by atoms with Gasteiger partial charge in [-0.2, -0.15) is 0 Å². The zero-order chi connectivity index (χ0) is 21.9. The fourth-order valence-corrected chi connectivity index (χ4v) is 4.72. The zero-order valence-electron chi connectivity index (χ0n) is 18.1. The number of amides is 1. The summed E-state index contributed by atoms with van der Waals surface area (Å²) in [5, 5.41) is 6.18. The van der Waals surface area contributed by atoms with Crippen LogP contribution in [0.25, 0.3) is 10.8 Å². The first kappa shape index (κ1) is 21.0. The van der Waals surface area contributed by atoms with Crippen LogP contribution in [0.4, 0.5) is 9.18 Å². The lowest BCUT2D eigenvalue weighted by Gasteiger charge is -2.34. The molecular weight excluding hydrogens is 403 g/mol. The van der Waals surface area contributed by atoms with E-state index in [1.807, 2.05) is 30.3 Å². The number of carbonyl (C=O) groups excluding carboxylic acids is 1. The lowest BCUT2D eigenvalue weighted by molar-refractivity contribution is 0.00934. The molecule has 1 amide bonds. The van der Waals surface area contributed by atoms with E-state index in [9.17, 15) is 9.18 Å². The standard InChI is InChI=1S/C27H29FN2O2/c28-26-14-20(12-13-30(26)27(31)32-18-19-6-2-1-3-7-19)17-29-25-16-24(25)23-11-10-21-8-4-5-9-22(21)15-23/h1-11,15,20,24-26,29H,12-14,16-18H2/t20?,24-,25+,26?/m0/s1. The molecule has 32 heavy (non-hydrogen) atoms. The minimum Gasteiger partial charge on any atom is -0.444 e. The Balaban J connectivity index is 1.07. The second-order valence-electron chi connectivity index (χ2n) is 9.02. The van der Waals surface area contributed by atoms with E-state index in [0.717, 1.165) is 24.9 Å². The van der Waals surface area contributed by atoms with Gasteiger partial charge in [-0.25, -0.2) is 9.18 Å². The Morgan fingerprint density at radius 2 is 1.78 bits per heavy atom. The summed E-state index contributed by atoms with van der Waals surface area (Å²) in [5.74, 6) is 0.773. The van der Waals surface area contributed by atoms with E-state index < -0.39 is 12.4 Å². The highest BCUT2D eigenvalue weighted by atomic mass is 19.1. The molecule has 1 saturated carbocycles. The molecule has 0 bridgehead atoms. The molecule has 2 unspecified atom stereocenters. The van der Waals surface area contributed by atoms with Crippen LogP contribution in [0.1, 0.15) is 36.3 Å². The van der Waals surface area contributed by atoms with Gasteiger partial charge in [-0.1, -0.05) is 72.8 Å². The van der Waals surface area contributed by atoms with Crippen LogP contribution in [0.5, 0.6) is 0 Å². The first-order valence-corrected chi connectivity index (χ1v) is 11.5. The summed E-state index contributed by atoms with van der Waals surface area (Å²) < 4.78 is 20.0. The first-order valence-electron chi connectivity index (χ1n) is 11.5. The molecule has 4 nitrogen and oxygen atoms in total. The Hall–Kier alpha value is -2.92. The molecule has 1 saturated heterocycles. The monoisotopic (exact) mass is 432 g/mol. The maximum atomic E-state index is 14.7. The number of nitrogens with zero attached hydrogens (tertiary/aromatic N) is 1. The topological polar surface area (TPSA) is 41.6 Å². The van der Waals surface area contributed by atoms with Crippen molar-refractivity contribution in [2.24, 2.45) is 5.92 Å². The highest BCUT2D eigenvalue weighted by Crippen LogP contribution is 2.42. The number of piperidine rings is 1. The summed E-state index contributed by atoms with van der Waals surface area (Å²) >= 11 is 0. The molecule has 1 aliphatic carbocycles. The van der Waals surface area contributed by atoms with Gasteiger partial charge in [0.1, 0.15) is 6.61 Å². The van der Waals surface area contributed by atoms with Gasteiger partial charge in [0.05, 0.1) is 0 Å². The second kappa shape index (κ2) is 9.29. The largest absolute Gasteiger partial charge is 0.444 e. The van der Waals surface area contributed by atoms with Gasteiger partial charge in [0.15, 0.2) is 6.30 Å². The van der Waals surface area contributed by atoms with E-state index in [2.05, 4.69) is 47.8 Å². The Morgan fingerprint density at radius 1 is 1.00 bits per heavy atom. The number of nitrogens with one attached hydrogen (secondary N) is 1. The van der Waals surface area contributed by atoms with Crippen LogP contribution < -0.4 is 5.32 Å². The maximum absolute atomic E-state index is 14.7. The number of benzene rings is 3. The molecule has 5 heteroatoms. The quantitative estimate of drug-likeness (QED) is 0.513. The van der Waals surface area contributed by atoms with E-state index in [-0.39, 0.29) is 12.5 Å². The van der Waals surface area contributed by atoms with Gasteiger partial charge >= 0.3 is 6.09 Å². The van der Waals surface area contributed by atoms with Crippen LogP contribution in [0.2, 0.25) is 0 Å². The summed E-state index contributed by atoms with van der Waals surface area (Å²) in [6.45, 7) is 1.37. The predicted molar refractivity (Wildman–Crippen MR) is 124 cm³/mol. The molecule has 1 heterocycles. The number of alkyl halides is 1. The van der Waals surface area contributed by atoms with Crippen LogP contribution in [0, 0.1) is 5.92 Å². The Morgan fingerprint density at radius 3 is 2.59 bits per heavy atom. The number of likely N-dealkylation sites (tertiary alicyclic amines) is 1. The number of rotatable bonds is 6. The number of hydrogen-bond donors (Lipinski definition) is 1. The summed E-state index contributed by atoms with van der Waals surface area (Å²) in [6.07, 6.45) is 0.435. The highest BCUT2D eigenvalue weighted by molar-refractivity contribution is 5.83. The summed E-state index contributed by atoms with van der Waals surface area (Å²) in [5.41, 5.74) is 2.28. The minimum absolute atomic E-state index is 0.172. The highest BCUT2D eigenvalue weighted by Gasteiger charge is 2.39. The first-order chi connectivity index (χ1) is 15.7. The van der Waals surface area contributed by atoms with Crippen LogP contribution in [0.15, 0.2) is 72.8 Å². The molecule has 3 aromatic rings. The van der Waals surface area contributed by atoms with E-state index in [1.54, 1.807) is 0 Å². The zero-order valence-corrected chi connectivity index (χ0v) is 18.1. The van der Waals surface area contributed by atoms with E-state index >= 15 is 0 Å². The van der Waals surface area contributed by atoms with Crippen molar-refractivity contribution < 1.29 is 13.9 Å². The molecule has 3 aromatic carbocycles. The fraction of sp³-hybridized carbons (Fsp3) is 0.370. The third-order valence-corrected chi connectivity index (χ3v) is 6.74. The Labute approximate surface area is 188 Å². The van der Waals surface area contributed by atoms with Crippen LogP contribution >= 0.6 is 0 Å². The van der Waals surface area contributed by atoms with Gasteiger partial charge in [0.2, 0.25) is 0 Å². The Kier molecular flexibility index (Phi) is 6.08. The SMILES string of the molecule is O=C(OCc1ccccc1)N1CCC(CN[C@@H]2C[C@H]2c2ccc3ccccc3c2)CC1F. The molecule has 0 radical (unpaired) electrons. The summed E-state index contributed by atoms with van der Waals surface area (Å²) in [4.78, 5) is 13.5. The second-order valence-corrected chi connectivity index (χ2v) is 9.02. The van der Waals surface area contributed by atoms with E-state index in [1.165, 1.54) is 21.2 Å². The average molecular weight is 433 g/mol. The molecule has 1 N–H and O–H groups in total. The van der Waals surface area contributed by atoms with E-state index in [4.69, 9.17) is 4.74 Å². The van der Waals surface area contributed by atoms with Gasteiger partial charge < -0.3 is 10.1 Å². The van der Waals surface area contributed by atoms with Crippen molar-refractivity contribution >= 4 is 16.9 Å². The maximum Gasteiger partial charge on any atom is 0.412 e. The number of hydrogen-bond acceptors (Lipinski definition) is 3. The third-order valence-electron chi connectivity index (χ3n) is 6.74. The van der Waals surface area contributed by atoms with Crippen LogP contribution in [0.3, 0.4) is 0 Å². The molecule has 166 valence electrons. The fourth-order valence-electron chi connectivity index (χ4n) is 4.72. The van der Waals surface area contributed by atoms with Crippen molar-refractivity contribution in [1.82, 2.24) is 10.2 Å². The van der Waals surface area contributed by atoms with Crippen molar-refractivity contribution in [2.45, 2.75) is 44.1 Å². The molecule has 0 aromatic heterocycles. The number of carbonyl (C=O) groups is 1. The lowest BCUT2D eigenvalue weighted by Crippen LogP contribution is -2.46. The van der Waals surface area contributed by atoms with Crippen molar-refractivity contribution in [3.63, 3.8) is 0 Å². The van der Waals surface area contributed by atoms with Crippen molar-refractivity contribution in [3.8, 4) is 0 Å². The molecule has 4 atom stereocenters. The molecule has 5 rings (SSSR count).